The average molecular weight is 389 g/mol. The van der Waals surface area contributed by atoms with Crippen LogP contribution in [0.3, 0.4) is 0 Å². The average Bonchev–Trinajstić information content (AvgIpc) is 3.02. The molecule has 1 unspecified atom stereocenters. The molecule has 0 saturated carbocycles. The highest BCUT2D eigenvalue weighted by atomic mass is 35.5. The van der Waals surface area contributed by atoms with Crippen LogP contribution in [0.2, 0.25) is 10.0 Å². The maximum Gasteiger partial charge on any atom is 0.167 e. The highest BCUT2D eigenvalue weighted by molar-refractivity contribution is 6.35. The Labute approximate surface area is 162 Å². The van der Waals surface area contributed by atoms with Crippen LogP contribution in [0, 0.1) is 12.8 Å². The molecule has 4 nitrogen and oxygen atoms in total. The van der Waals surface area contributed by atoms with Crippen LogP contribution in [-0.2, 0) is 6.54 Å². The summed E-state index contributed by atoms with van der Waals surface area (Å²) in [5, 5.41) is 0.979. The lowest BCUT2D eigenvalue weighted by Gasteiger charge is -2.13. The van der Waals surface area contributed by atoms with E-state index in [2.05, 4.69) is 4.98 Å². The van der Waals surface area contributed by atoms with Gasteiger partial charge in [0.2, 0.25) is 0 Å². The minimum atomic E-state index is -0.152. The summed E-state index contributed by atoms with van der Waals surface area (Å²) < 4.78 is 7.72. The van der Waals surface area contributed by atoms with Crippen molar-refractivity contribution in [3.63, 3.8) is 0 Å². The summed E-state index contributed by atoms with van der Waals surface area (Å²) in [6.45, 7) is 4.44. The van der Waals surface area contributed by atoms with Gasteiger partial charge in [0.1, 0.15) is 17.3 Å². The van der Waals surface area contributed by atoms with Gasteiger partial charge < -0.3 is 9.30 Å². The molecule has 134 valence electrons. The predicted octanol–water partition coefficient (Wildman–Crippen LogP) is 5.81. The Morgan fingerprint density at radius 1 is 1.19 bits per heavy atom. The summed E-state index contributed by atoms with van der Waals surface area (Å²) >= 11 is 12.0. The molecule has 1 heterocycles. The largest absolute Gasteiger partial charge is 0.456 e. The first-order valence-corrected chi connectivity index (χ1v) is 8.94. The van der Waals surface area contributed by atoms with Crippen molar-refractivity contribution in [3.8, 4) is 11.5 Å². The zero-order valence-corrected chi connectivity index (χ0v) is 16.0. The summed E-state index contributed by atoms with van der Waals surface area (Å²) in [7, 11) is 0. The van der Waals surface area contributed by atoms with E-state index in [1.54, 1.807) is 48.7 Å². The second kappa shape index (κ2) is 7.94. The topological polar surface area (TPSA) is 44.1 Å². The Morgan fingerprint density at radius 2 is 1.92 bits per heavy atom. The van der Waals surface area contributed by atoms with Crippen LogP contribution in [0.1, 0.15) is 23.1 Å². The SMILES string of the molecule is Cc1nccn1CC(C)C(=O)c1ccc(Oc2ccc(Cl)cc2Cl)cc1. The molecule has 26 heavy (non-hydrogen) atoms. The first kappa shape index (κ1) is 18.5. The number of aryl methyl sites for hydroxylation is 1. The summed E-state index contributed by atoms with van der Waals surface area (Å²) in [5.74, 6) is 1.94. The van der Waals surface area contributed by atoms with Gasteiger partial charge in [-0.25, -0.2) is 4.98 Å². The fourth-order valence-electron chi connectivity index (χ4n) is 2.63. The molecular weight excluding hydrogens is 371 g/mol. The van der Waals surface area contributed by atoms with Gasteiger partial charge in [-0.2, -0.15) is 0 Å². The number of rotatable bonds is 6. The van der Waals surface area contributed by atoms with Crippen molar-refractivity contribution in [2.75, 3.05) is 0 Å². The van der Waals surface area contributed by atoms with Crippen LogP contribution in [-0.4, -0.2) is 15.3 Å². The molecule has 3 rings (SSSR count). The monoisotopic (exact) mass is 388 g/mol. The van der Waals surface area contributed by atoms with Crippen LogP contribution in [0.25, 0.3) is 0 Å². The summed E-state index contributed by atoms with van der Waals surface area (Å²) in [5.41, 5.74) is 0.643. The summed E-state index contributed by atoms with van der Waals surface area (Å²) in [6, 6.07) is 12.1. The number of ketones is 1. The fourth-order valence-corrected chi connectivity index (χ4v) is 3.08. The fraction of sp³-hybridized carbons (Fsp3) is 0.200. The number of nitrogens with zero attached hydrogens (tertiary/aromatic N) is 2. The number of Topliss-reactive ketones (excluding diaryl/α,β-unsaturated/α-hetero) is 1. The summed E-state index contributed by atoms with van der Waals surface area (Å²) in [4.78, 5) is 16.8. The van der Waals surface area contributed by atoms with Crippen LogP contribution < -0.4 is 4.74 Å². The Morgan fingerprint density at radius 3 is 2.54 bits per heavy atom. The molecule has 0 N–H and O–H groups in total. The molecule has 0 aliphatic rings. The number of aromatic nitrogens is 2. The minimum Gasteiger partial charge on any atom is -0.456 e. The van der Waals surface area contributed by atoms with E-state index in [4.69, 9.17) is 27.9 Å². The maximum atomic E-state index is 12.6. The number of carbonyl (C=O) groups is 1. The quantitative estimate of drug-likeness (QED) is 0.500. The first-order chi connectivity index (χ1) is 12.4. The number of halogens is 2. The lowest BCUT2D eigenvalue weighted by atomic mass is 9.99. The zero-order valence-electron chi connectivity index (χ0n) is 14.4. The third-order valence-electron chi connectivity index (χ3n) is 4.10. The molecule has 0 aliphatic carbocycles. The number of hydrogen-bond acceptors (Lipinski definition) is 3. The molecule has 0 saturated heterocycles. The number of imidazole rings is 1. The second-order valence-corrected chi connectivity index (χ2v) is 6.94. The van der Waals surface area contributed by atoms with E-state index in [1.165, 1.54) is 0 Å². The molecule has 0 bridgehead atoms. The van der Waals surface area contributed by atoms with Crippen molar-refractivity contribution in [2.45, 2.75) is 20.4 Å². The van der Waals surface area contributed by atoms with Gasteiger partial charge >= 0.3 is 0 Å². The molecule has 0 radical (unpaired) electrons. The highest BCUT2D eigenvalue weighted by Gasteiger charge is 2.16. The predicted molar refractivity (Wildman–Crippen MR) is 103 cm³/mol. The van der Waals surface area contributed by atoms with Crippen LogP contribution in [0.4, 0.5) is 0 Å². The van der Waals surface area contributed by atoms with Crippen molar-refractivity contribution in [2.24, 2.45) is 5.92 Å². The Hall–Kier alpha value is -2.30. The second-order valence-electron chi connectivity index (χ2n) is 6.09. The lowest BCUT2D eigenvalue weighted by Crippen LogP contribution is -2.18. The lowest BCUT2D eigenvalue weighted by molar-refractivity contribution is 0.0918. The molecule has 0 spiro atoms. The molecule has 0 aliphatic heterocycles. The Kier molecular flexibility index (Phi) is 5.64. The van der Waals surface area contributed by atoms with Crippen molar-refractivity contribution in [3.05, 3.63) is 76.3 Å². The van der Waals surface area contributed by atoms with Gasteiger partial charge in [0.25, 0.3) is 0 Å². The third-order valence-corrected chi connectivity index (χ3v) is 4.63. The number of hydrogen-bond donors (Lipinski definition) is 0. The van der Waals surface area contributed by atoms with Crippen molar-refractivity contribution in [1.82, 2.24) is 9.55 Å². The standard InChI is InChI=1S/C20H18Cl2N2O2/c1-13(12-24-10-9-23-14(24)2)20(25)15-3-6-17(7-4-15)26-19-8-5-16(21)11-18(19)22/h3-11,13H,12H2,1-2H3. The van der Waals surface area contributed by atoms with E-state index >= 15 is 0 Å². The van der Waals surface area contributed by atoms with E-state index in [0.29, 0.717) is 33.7 Å². The smallest absolute Gasteiger partial charge is 0.167 e. The highest BCUT2D eigenvalue weighted by Crippen LogP contribution is 2.31. The van der Waals surface area contributed by atoms with Gasteiger partial charge in [-0.05, 0) is 49.4 Å². The van der Waals surface area contributed by atoms with Crippen molar-refractivity contribution < 1.29 is 9.53 Å². The van der Waals surface area contributed by atoms with Gasteiger partial charge in [-0.1, -0.05) is 30.1 Å². The summed E-state index contributed by atoms with van der Waals surface area (Å²) in [6.07, 6.45) is 3.62. The van der Waals surface area contributed by atoms with Gasteiger partial charge in [-0.15, -0.1) is 0 Å². The minimum absolute atomic E-state index is 0.0779. The maximum absolute atomic E-state index is 12.6. The Bertz CT molecular complexity index is 920. The van der Waals surface area contributed by atoms with Crippen LogP contribution in [0.5, 0.6) is 11.5 Å². The number of carbonyl (C=O) groups excluding carboxylic acids is 1. The molecule has 2 aromatic carbocycles. The van der Waals surface area contributed by atoms with E-state index in [-0.39, 0.29) is 11.7 Å². The first-order valence-electron chi connectivity index (χ1n) is 8.19. The van der Waals surface area contributed by atoms with E-state index in [0.717, 1.165) is 5.82 Å². The third kappa shape index (κ3) is 4.26. The van der Waals surface area contributed by atoms with Crippen LogP contribution in [0.15, 0.2) is 54.9 Å². The van der Waals surface area contributed by atoms with E-state index < -0.39 is 0 Å². The van der Waals surface area contributed by atoms with Crippen molar-refractivity contribution in [1.29, 1.82) is 0 Å². The van der Waals surface area contributed by atoms with Gasteiger partial charge in [0.05, 0.1) is 5.02 Å². The number of benzene rings is 2. The van der Waals surface area contributed by atoms with Gasteiger partial charge in [-0.3, -0.25) is 4.79 Å². The zero-order chi connectivity index (χ0) is 18.7. The molecular formula is C20H18Cl2N2O2. The Balaban J connectivity index is 1.68. The van der Waals surface area contributed by atoms with Gasteiger partial charge in [0.15, 0.2) is 5.78 Å². The molecule has 1 aromatic heterocycles. The van der Waals surface area contributed by atoms with Gasteiger partial charge in [0, 0.05) is 35.4 Å². The van der Waals surface area contributed by atoms with Crippen molar-refractivity contribution >= 4 is 29.0 Å². The van der Waals surface area contributed by atoms with E-state index in [9.17, 15) is 4.79 Å². The molecule has 1 atom stereocenters. The molecule has 3 aromatic rings. The molecule has 6 heteroatoms. The molecule has 0 amide bonds. The number of ether oxygens (including phenoxy) is 1. The van der Waals surface area contributed by atoms with E-state index in [1.807, 2.05) is 24.6 Å². The molecule has 0 fully saturated rings. The normalized spacial score (nSPS) is 12.0. The van der Waals surface area contributed by atoms with Crippen LogP contribution >= 0.6 is 23.2 Å².